The van der Waals surface area contributed by atoms with Gasteiger partial charge in [0.25, 0.3) is 0 Å². The molecule has 7 nitrogen and oxygen atoms in total. The van der Waals surface area contributed by atoms with Crippen LogP contribution in [-0.2, 0) is 20.1 Å². The molecule has 0 spiro atoms. The molecule has 2 aromatic heterocycles. The highest BCUT2D eigenvalue weighted by Crippen LogP contribution is 2.30. The van der Waals surface area contributed by atoms with E-state index in [0.717, 1.165) is 50.5 Å². The van der Waals surface area contributed by atoms with E-state index < -0.39 is 6.10 Å². The van der Waals surface area contributed by atoms with Crippen molar-refractivity contribution in [3.63, 3.8) is 0 Å². The Kier molecular flexibility index (Phi) is 5.69. The zero-order chi connectivity index (χ0) is 20.4. The fourth-order valence-electron chi connectivity index (χ4n) is 4.13. The van der Waals surface area contributed by atoms with E-state index in [0.29, 0.717) is 5.82 Å². The third-order valence-corrected chi connectivity index (χ3v) is 5.95. The number of piperazine rings is 1. The first-order valence-electron chi connectivity index (χ1n) is 10.3. The highest BCUT2D eigenvalue weighted by molar-refractivity contribution is 5.56. The van der Waals surface area contributed by atoms with Gasteiger partial charge in [-0.1, -0.05) is 18.2 Å². The number of aliphatic hydroxyl groups is 1. The summed E-state index contributed by atoms with van der Waals surface area (Å²) >= 11 is 0. The third kappa shape index (κ3) is 3.93. The topological polar surface area (TPSA) is 62.4 Å². The lowest BCUT2D eigenvalue weighted by molar-refractivity contribution is 0.205. The van der Waals surface area contributed by atoms with E-state index in [1.54, 1.807) is 6.20 Å². The Morgan fingerprint density at radius 2 is 1.90 bits per heavy atom. The minimum atomic E-state index is -0.730. The van der Waals surface area contributed by atoms with Crippen LogP contribution in [-0.4, -0.2) is 55.5 Å². The van der Waals surface area contributed by atoms with Crippen molar-refractivity contribution >= 4 is 5.69 Å². The minimum Gasteiger partial charge on any atom is -0.380 e. The third-order valence-electron chi connectivity index (χ3n) is 5.95. The fraction of sp³-hybridized carbons (Fsp3) is 0.455. The Morgan fingerprint density at radius 3 is 2.55 bits per heavy atom. The number of anilines is 1. The van der Waals surface area contributed by atoms with E-state index in [9.17, 15) is 5.11 Å². The first-order chi connectivity index (χ1) is 14.1. The molecule has 0 unspecified atom stereocenters. The number of rotatable bonds is 6. The summed E-state index contributed by atoms with van der Waals surface area (Å²) in [6, 6.07) is 8.13. The van der Waals surface area contributed by atoms with Gasteiger partial charge >= 0.3 is 0 Å². The van der Waals surface area contributed by atoms with Crippen LogP contribution < -0.4 is 4.90 Å². The van der Waals surface area contributed by atoms with Crippen LogP contribution in [0, 0.1) is 6.92 Å². The van der Waals surface area contributed by atoms with Gasteiger partial charge in [-0.15, -0.1) is 0 Å². The van der Waals surface area contributed by atoms with Gasteiger partial charge in [0, 0.05) is 81.2 Å². The number of nitrogens with zero attached hydrogens (tertiary/aromatic N) is 6. The first kappa shape index (κ1) is 19.7. The molecule has 0 bridgehead atoms. The number of aliphatic hydroxyl groups excluding tert-OH is 1. The van der Waals surface area contributed by atoms with Gasteiger partial charge in [-0.05, 0) is 19.9 Å². The van der Waals surface area contributed by atoms with Crippen LogP contribution in [0.15, 0.2) is 42.9 Å². The number of para-hydroxylation sites is 1. The predicted octanol–water partition coefficient (Wildman–Crippen LogP) is 2.35. The van der Waals surface area contributed by atoms with E-state index in [2.05, 4.69) is 44.5 Å². The molecule has 1 aliphatic rings. The molecule has 0 radical (unpaired) electrons. The van der Waals surface area contributed by atoms with Gasteiger partial charge in [0.2, 0.25) is 0 Å². The van der Waals surface area contributed by atoms with Gasteiger partial charge < -0.3 is 14.6 Å². The summed E-state index contributed by atoms with van der Waals surface area (Å²) in [6.45, 7) is 9.98. The number of hydrogen-bond donors (Lipinski definition) is 1. The summed E-state index contributed by atoms with van der Waals surface area (Å²) in [6.07, 6.45) is 4.86. The zero-order valence-electron chi connectivity index (χ0n) is 17.5. The van der Waals surface area contributed by atoms with Crippen LogP contribution in [0.1, 0.15) is 35.7 Å². The van der Waals surface area contributed by atoms with Gasteiger partial charge in [0.05, 0.1) is 6.20 Å². The van der Waals surface area contributed by atoms with Crippen molar-refractivity contribution in [2.45, 2.75) is 33.0 Å². The maximum absolute atomic E-state index is 10.9. The second-order valence-corrected chi connectivity index (χ2v) is 7.69. The molecule has 1 atom stereocenters. The summed E-state index contributed by atoms with van der Waals surface area (Å²) in [5, 5.41) is 15.4. The van der Waals surface area contributed by atoms with Gasteiger partial charge in [-0.2, -0.15) is 5.10 Å². The van der Waals surface area contributed by atoms with Crippen molar-refractivity contribution in [1.82, 2.24) is 24.2 Å². The van der Waals surface area contributed by atoms with E-state index in [1.165, 1.54) is 11.3 Å². The van der Waals surface area contributed by atoms with Crippen molar-refractivity contribution in [1.29, 1.82) is 0 Å². The standard InChI is InChI=1S/C22H30N6O/c1-4-28-17(2)18(15-24-28)16-26-11-13-27(14-12-26)20-8-6-5-7-19(20)21(29)22-23-9-10-25(22)3/h5-10,15,21,29H,4,11-14,16H2,1-3H3/t21-/m1/s1. The van der Waals surface area contributed by atoms with Gasteiger partial charge in [-0.25, -0.2) is 4.98 Å². The SMILES string of the molecule is CCn1ncc(CN2CCN(c3ccccc3[C@@H](O)c3nccn3C)CC2)c1C. The molecule has 3 heterocycles. The molecule has 29 heavy (non-hydrogen) atoms. The quantitative estimate of drug-likeness (QED) is 0.695. The van der Waals surface area contributed by atoms with Crippen LogP contribution in [0.4, 0.5) is 5.69 Å². The number of hydrogen-bond acceptors (Lipinski definition) is 5. The lowest BCUT2D eigenvalue weighted by Crippen LogP contribution is -2.46. The van der Waals surface area contributed by atoms with E-state index in [4.69, 9.17) is 0 Å². The van der Waals surface area contributed by atoms with Crippen molar-refractivity contribution in [3.8, 4) is 0 Å². The van der Waals surface area contributed by atoms with Gasteiger partial charge in [0.15, 0.2) is 0 Å². The monoisotopic (exact) mass is 394 g/mol. The number of imidazole rings is 1. The lowest BCUT2D eigenvalue weighted by atomic mass is 10.0. The summed E-state index contributed by atoms with van der Waals surface area (Å²) in [5.74, 6) is 0.666. The van der Waals surface area contributed by atoms with Crippen LogP contribution >= 0.6 is 0 Å². The molecule has 1 N–H and O–H groups in total. The average molecular weight is 395 g/mol. The maximum Gasteiger partial charge on any atom is 0.142 e. The van der Waals surface area contributed by atoms with Gasteiger partial charge in [0.1, 0.15) is 11.9 Å². The summed E-state index contributed by atoms with van der Waals surface area (Å²) in [7, 11) is 1.91. The number of aryl methyl sites for hydroxylation is 2. The summed E-state index contributed by atoms with van der Waals surface area (Å²) < 4.78 is 3.93. The molecular formula is C22H30N6O. The molecule has 1 aliphatic heterocycles. The summed E-state index contributed by atoms with van der Waals surface area (Å²) in [4.78, 5) is 9.19. The Morgan fingerprint density at radius 1 is 1.14 bits per heavy atom. The fourth-order valence-corrected chi connectivity index (χ4v) is 4.13. The van der Waals surface area contributed by atoms with E-state index in [1.807, 2.05) is 42.2 Å². The molecule has 3 aromatic rings. The van der Waals surface area contributed by atoms with Crippen LogP contribution in [0.5, 0.6) is 0 Å². The van der Waals surface area contributed by atoms with Crippen molar-refractivity contribution < 1.29 is 5.11 Å². The van der Waals surface area contributed by atoms with E-state index in [-0.39, 0.29) is 0 Å². The molecule has 7 heteroatoms. The molecule has 0 aliphatic carbocycles. The smallest absolute Gasteiger partial charge is 0.142 e. The highest BCUT2D eigenvalue weighted by atomic mass is 16.3. The summed E-state index contributed by atoms with van der Waals surface area (Å²) in [5.41, 5.74) is 4.58. The molecule has 1 aromatic carbocycles. The molecule has 0 amide bonds. The number of aromatic nitrogens is 4. The normalized spacial score (nSPS) is 16.3. The largest absolute Gasteiger partial charge is 0.380 e. The van der Waals surface area contributed by atoms with E-state index >= 15 is 0 Å². The van der Waals surface area contributed by atoms with Crippen molar-refractivity contribution in [2.24, 2.45) is 7.05 Å². The second kappa shape index (κ2) is 8.39. The Bertz CT molecular complexity index is 954. The molecule has 1 saturated heterocycles. The van der Waals surface area contributed by atoms with Crippen LogP contribution in [0.25, 0.3) is 0 Å². The molecule has 0 saturated carbocycles. The average Bonchev–Trinajstić information content (AvgIpc) is 3.33. The Hall–Kier alpha value is -2.64. The maximum atomic E-state index is 10.9. The lowest BCUT2D eigenvalue weighted by Gasteiger charge is -2.37. The number of benzene rings is 1. The molecule has 1 fully saturated rings. The first-order valence-corrected chi connectivity index (χ1v) is 10.3. The van der Waals surface area contributed by atoms with Crippen molar-refractivity contribution in [3.05, 3.63) is 65.5 Å². The second-order valence-electron chi connectivity index (χ2n) is 7.69. The van der Waals surface area contributed by atoms with Crippen LogP contribution in [0.2, 0.25) is 0 Å². The Balaban J connectivity index is 1.45. The minimum absolute atomic E-state index is 0.666. The Labute approximate surface area is 172 Å². The molecule has 4 rings (SSSR count). The predicted molar refractivity (Wildman–Crippen MR) is 114 cm³/mol. The van der Waals surface area contributed by atoms with Crippen molar-refractivity contribution in [2.75, 3.05) is 31.1 Å². The van der Waals surface area contributed by atoms with Crippen LogP contribution in [0.3, 0.4) is 0 Å². The highest BCUT2D eigenvalue weighted by Gasteiger charge is 2.24. The molecular weight excluding hydrogens is 364 g/mol. The zero-order valence-corrected chi connectivity index (χ0v) is 17.5. The van der Waals surface area contributed by atoms with Gasteiger partial charge in [-0.3, -0.25) is 9.58 Å². The molecule has 154 valence electrons.